The van der Waals surface area contributed by atoms with Crippen molar-refractivity contribution in [2.24, 2.45) is 0 Å². The van der Waals surface area contributed by atoms with Crippen LogP contribution in [0.5, 0.6) is 0 Å². The lowest BCUT2D eigenvalue weighted by molar-refractivity contribution is -0.117. The van der Waals surface area contributed by atoms with Gasteiger partial charge in [-0.15, -0.1) is 10.2 Å². The second-order valence-electron chi connectivity index (χ2n) is 6.04. The van der Waals surface area contributed by atoms with Gasteiger partial charge in [0.2, 0.25) is 10.9 Å². The van der Waals surface area contributed by atoms with E-state index in [0.717, 1.165) is 0 Å². The monoisotopic (exact) mass is 413 g/mol. The normalized spacial score (nSPS) is 16.9. The summed E-state index contributed by atoms with van der Waals surface area (Å²) in [5.41, 5.74) is 0.638. The van der Waals surface area contributed by atoms with E-state index >= 15 is 0 Å². The average Bonchev–Trinajstić information content (AvgIpc) is 3.41. The van der Waals surface area contributed by atoms with E-state index in [1.54, 1.807) is 37.3 Å². The first-order chi connectivity index (χ1) is 13.5. The molecule has 0 saturated heterocycles. The molecule has 142 valence electrons. The van der Waals surface area contributed by atoms with Crippen LogP contribution in [0.1, 0.15) is 27.9 Å². The van der Waals surface area contributed by atoms with Crippen LogP contribution in [-0.4, -0.2) is 33.3 Å². The number of carbonyl (C=O) groups excluding carboxylic acids is 2. The van der Waals surface area contributed by atoms with Crippen LogP contribution >= 0.6 is 23.1 Å². The van der Waals surface area contributed by atoms with Crippen molar-refractivity contribution < 1.29 is 19.1 Å². The zero-order chi connectivity index (χ0) is 19.8. The van der Waals surface area contributed by atoms with Gasteiger partial charge in [0, 0.05) is 0 Å². The lowest BCUT2D eigenvalue weighted by Gasteiger charge is -2.23. The fourth-order valence-electron chi connectivity index (χ4n) is 3.06. The lowest BCUT2D eigenvalue weighted by atomic mass is 9.95. The zero-order valence-corrected chi connectivity index (χ0v) is 16.6. The van der Waals surface area contributed by atoms with Crippen molar-refractivity contribution in [3.05, 3.63) is 70.9 Å². The molecule has 1 aromatic carbocycles. The minimum atomic E-state index is -0.825. The number of furan rings is 1. The summed E-state index contributed by atoms with van der Waals surface area (Å²) in [7, 11) is 0. The molecule has 2 aromatic heterocycles. The maximum Gasteiger partial charge on any atom is 0.296 e. The van der Waals surface area contributed by atoms with Crippen molar-refractivity contribution in [1.29, 1.82) is 0 Å². The van der Waals surface area contributed by atoms with Gasteiger partial charge in [-0.3, -0.25) is 14.5 Å². The fraction of sp³-hybridized carbons (Fsp3) is 0.158. The summed E-state index contributed by atoms with van der Waals surface area (Å²) in [4.78, 5) is 27.3. The minimum absolute atomic E-state index is 0.0357. The molecule has 1 amide bonds. The van der Waals surface area contributed by atoms with Crippen molar-refractivity contribution in [2.45, 2.75) is 17.3 Å². The number of hydrogen-bond donors (Lipinski definition) is 1. The van der Waals surface area contributed by atoms with Crippen LogP contribution < -0.4 is 4.90 Å². The number of aliphatic hydroxyl groups is 1. The topological polar surface area (TPSA) is 96.5 Å². The van der Waals surface area contributed by atoms with Crippen molar-refractivity contribution in [2.75, 3.05) is 11.2 Å². The zero-order valence-electron chi connectivity index (χ0n) is 14.9. The quantitative estimate of drug-likeness (QED) is 0.384. The molecule has 3 aromatic rings. The van der Waals surface area contributed by atoms with E-state index in [2.05, 4.69) is 10.2 Å². The molecule has 0 spiro atoms. The Hall–Kier alpha value is -2.91. The Morgan fingerprint density at radius 3 is 2.57 bits per heavy atom. The number of aryl methyl sites for hydroxylation is 1. The van der Waals surface area contributed by atoms with Crippen LogP contribution in [-0.2, 0) is 4.79 Å². The number of ketones is 1. The highest BCUT2D eigenvalue weighted by Crippen LogP contribution is 2.43. The SMILES string of the molecule is CSc1nnc(N2C(=O)C(O)=C(C(=O)c3ccc(C)o3)[C@H]2c2ccccc2)s1. The van der Waals surface area contributed by atoms with Gasteiger partial charge in [0.05, 0.1) is 11.6 Å². The first-order valence-electron chi connectivity index (χ1n) is 8.31. The van der Waals surface area contributed by atoms with Gasteiger partial charge in [0.25, 0.3) is 5.91 Å². The second-order valence-corrected chi connectivity index (χ2v) is 8.05. The highest BCUT2D eigenvalue weighted by atomic mass is 32.2. The molecule has 0 bridgehead atoms. The van der Waals surface area contributed by atoms with Gasteiger partial charge in [0.1, 0.15) is 5.76 Å². The third kappa shape index (κ3) is 3.02. The molecule has 4 rings (SSSR count). The minimum Gasteiger partial charge on any atom is -0.503 e. The highest BCUT2D eigenvalue weighted by molar-refractivity contribution is 8.00. The predicted octanol–water partition coefficient (Wildman–Crippen LogP) is 3.94. The number of thioether (sulfide) groups is 1. The first-order valence-corrected chi connectivity index (χ1v) is 10.4. The van der Waals surface area contributed by atoms with Crippen LogP contribution in [0.25, 0.3) is 0 Å². The highest BCUT2D eigenvalue weighted by Gasteiger charge is 2.46. The molecule has 1 aliphatic heterocycles. The Morgan fingerprint density at radius 1 is 1.21 bits per heavy atom. The van der Waals surface area contributed by atoms with Crippen molar-refractivity contribution in [1.82, 2.24) is 10.2 Å². The van der Waals surface area contributed by atoms with Crippen LogP contribution in [0.15, 0.2) is 62.6 Å². The van der Waals surface area contributed by atoms with Gasteiger partial charge >= 0.3 is 0 Å². The maximum atomic E-state index is 13.1. The number of aromatic nitrogens is 2. The van der Waals surface area contributed by atoms with Gasteiger partial charge in [-0.25, -0.2) is 0 Å². The number of amides is 1. The summed E-state index contributed by atoms with van der Waals surface area (Å²) < 4.78 is 6.11. The summed E-state index contributed by atoms with van der Waals surface area (Å²) >= 11 is 2.62. The van der Waals surface area contributed by atoms with E-state index in [1.165, 1.54) is 34.1 Å². The summed E-state index contributed by atoms with van der Waals surface area (Å²) in [5.74, 6) is -1.20. The van der Waals surface area contributed by atoms with E-state index in [9.17, 15) is 14.7 Å². The number of rotatable bonds is 5. The molecule has 1 N–H and O–H groups in total. The molecule has 1 aliphatic rings. The number of Topliss-reactive ketones (excluding diaryl/α,β-unsaturated/α-hetero) is 1. The van der Waals surface area contributed by atoms with Gasteiger partial charge in [0.15, 0.2) is 15.9 Å². The van der Waals surface area contributed by atoms with Gasteiger partial charge in [-0.05, 0) is 30.9 Å². The molecule has 28 heavy (non-hydrogen) atoms. The van der Waals surface area contributed by atoms with Gasteiger partial charge in [-0.1, -0.05) is 53.4 Å². The summed E-state index contributed by atoms with van der Waals surface area (Å²) in [6.07, 6.45) is 1.86. The van der Waals surface area contributed by atoms with E-state index in [4.69, 9.17) is 4.42 Å². The summed E-state index contributed by atoms with van der Waals surface area (Å²) in [6, 6.07) is 11.4. The molecule has 7 nitrogen and oxygen atoms in total. The van der Waals surface area contributed by atoms with E-state index < -0.39 is 23.5 Å². The van der Waals surface area contributed by atoms with Crippen molar-refractivity contribution >= 4 is 39.9 Å². The molecular formula is C19H15N3O4S2. The molecule has 9 heteroatoms. The lowest BCUT2D eigenvalue weighted by Crippen LogP contribution is -2.31. The molecule has 1 atom stereocenters. The molecule has 0 radical (unpaired) electrons. The Balaban J connectivity index is 1.85. The predicted molar refractivity (Wildman–Crippen MR) is 106 cm³/mol. The Bertz CT molecular complexity index is 1090. The van der Waals surface area contributed by atoms with Gasteiger partial charge < -0.3 is 9.52 Å². The summed E-state index contributed by atoms with van der Waals surface area (Å²) in [6.45, 7) is 1.72. The fourth-order valence-corrected chi connectivity index (χ4v) is 4.34. The van der Waals surface area contributed by atoms with Crippen LogP contribution in [0.2, 0.25) is 0 Å². The number of carbonyl (C=O) groups is 2. The van der Waals surface area contributed by atoms with E-state index in [0.29, 0.717) is 20.8 Å². The molecule has 3 heterocycles. The summed E-state index contributed by atoms with van der Waals surface area (Å²) in [5, 5.41) is 19.0. The smallest absolute Gasteiger partial charge is 0.296 e. The molecule has 0 aliphatic carbocycles. The number of hydrogen-bond acceptors (Lipinski definition) is 8. The van der Waals surface area contributed by atoms with Crippen LogP contribution in [0.3, 0.4) is 0 Å². The van der Waals surface area contributed by atoms with E-state index in [1.807, 2.05) is 12.3 Å². The molecular weight excluding hydrogens is 398 g/mol. The number of benzene rings is 1. The largest absolute Gasteiger partial charge is 0.503 e. The number of aliphatic hydroxyl groups excluding tert-OH is 1. The van der Waals surface area contributed by atoms with Crippen LogP contribution in [0.4, 0.5) is 5.13 Å². The van der Waals surface area contributed by atoms with Gasteiger partial charge in [-0.2, -0.15) is 0 Å². The number of anilines is 1. The van der Waals surface area contributed by atoms with E-state index in [-0.39, 0.29) is 11.3 Å². The second kappa shape index (κ2) is 7.25. The molecule has 0 fully saturated rings. The van der Waals surface area contributed by atoms with Crippen molar-refractivity contribution in [3.8, 4) is 0 Å². The Morgan fingerprint density at radius 2 is 1.96 bits per heavy atom. The molecule has 0 saturated carbocycles. The third-order valence-electron chi connectivity index (χ3n) is 4.31. The molecule has 0 unspecified atom stereocenters. The third-order valence-corrected chi connectivity index (χ3v) is 6.21. The van der Waals surface area contributed by atoms with Crippen molar-refractivity contribution in [3.63, 3.8) is 0 Å². The average molecular weight is 413 g/mol. The number of nitrogens with zero attached hydrogens (tertiary/aromatic N) is 3. The Kier molecular flexibility index (Phi) is 4.78. The first kappa shape index (κ1) is 18.5. The Labute approximate surface area is 168 Å². The maximum absolute atomic E-state index is 13.1. The standard InChI is InChI=1S/C19H15N3O4S2/c1-10-8-9-12(26-10)15(23)13-14(11-6-4-3-5-7-11)22(17(25)16(13)24)18-20-21-19(27-2)28-18/h3-9,14,24H,1-2H3/t14-/m1/s1. The van der Waals surface area contributed by atoms with Crippen LogP contribution in [0, 0.1) is 6.92 Å².